The molecule has 16 nitrogen and oxygen atoms in total. The Morgan fingerprint density at radius 2 is 0.579 bits per heavy atom. The predicted molar refractivity (Wildman–Crippen MR) is 201 cm³/mol. The Morgan fingerprint density at radius 1 is 0.404 bits per heavy atom. The molecule has 0 radical (unpaired) electrons. The normalized spacial score (nSPS) is 25.4. The molecule has 4 N–H and O–H groups in total. The molecule has 0 spiro atoms. The van der Waals surface area contributed by atoms with Crippen LogP contribution in [0.25, 0.3) is 0 Å². The van der Waals surface area contributed by atoms with Crippen molar-refractivity contribution in [3.63, 3.8) is 0 Å². The Kier molecular flexibility index (Phi) is 15.9. The molecule has 16 heteroatoms. The summed E-state index contributed by atoms with van der Waals surface area (Å²) in [6.45, 7) is 18.5. The summed E-state index contributed by atoms with van der Waals surface area (Å²) in [4.78, 5) is 98.1. The van der Waals surface area contributed by atoms with Gasteiger partial charge in [-0.3, -0.25) is 38.4 Å². The molecule has 2 rings (SSSR count). The van der Waals surface area contributed by atoms with Crippen molar-refractivity contribution in [2.45, 2.75) is 150 Å². The summed E-state index contributed by atoms with van der Waals surface area (Å²) >= 11 is 0. The fraction of sp³-hybridized carbons (Fsp3) is 0.805. The smallest absolute Gasteiger partial charge is 0.320 e. The highest BCUT2D eigenvalue weighted by atomic mass is 16.6. The monoisotopic (exact) mass is 812 g/mol. The number of aliphatic carboxylic acids is 4. The van der Waals surface area contributed by atoms with Crippen LogP contribution in [0.1, 0.15) is 128 Å². The van der Waals surface area contributed by atoms with Crippen LogP contribution in [0.15, 0.2) is 0 Å². The first-order valence-corrected chi connectivity index (χ1v) is 19.6. The van der Waals surface area contributed by atoms with Crippen molar-refractivity contribution in [1.82, 2.24) is 0 Å². The number of carboxylic acid groups (broad SMARTS) is 4. The molecule has 0 saturated heterocycles. The lowest BCUT2D eigenvalue weighted by Gasteiger charge is -2.49. The number of ether oxygens (including phenoxy) is 4. The second kappa shape index (κ2) is 18.6. The molecule has 2 fully saturated rings. The molecule has 57 heavy (non-hydrogen) atoms. The summed E-state index contributed by atoms with van der Waals surface area (Å²) in [6, 6.07) is 0. The Hall–Kier alpha value is -4.24. The molecular formula is C41H64O16. The molecule has 8 atom stereocenters. The summed E-state index contributed by atoms with van der Waals surface area (Å²) in [5.74, 6) is -16.3. The first-order valence-electron chi connectivity index (χ1n) is 19.6. The Morgan fingerprint density at radius 3 is 0.737 bits per heavy atom. The maximum Gasteiger partial charge on any atom is 0.320 e. The number of carboxylic acids is 4. The molecule has 8 unspecified atom stereocenters. The van der Waals surface area contributed by atoms with Gasteiger partial charge in [-0.05, 0) is 164 Å². The lowest BCUT2D eigenvalue weighted by molar-refractivity contribution is -0.181. The van der Waals surface area contributed by atoms with E-state index < -0.39 is 93.8 Å². The third-order valence-corrected chi connectivity index (χ3v) is 12.6. The van der Waals surface area contributed by atoms with Gasteiger partial charge < -0.3 is 39.4 Å². The molecule has 324 valence electrons. The average Bonchev–Trinajstić information content (AvgIpc) is 3.08. The fourth-order valence-corrected chi connectivity index (χ4v) is 8.13. The minimum Gasteiger partial charge on any atom is -0.481 e. The molecule has 0 aromatic carbocycles. The summed E-state index contributed by atoms with van der Waals surface area (Å²) in [5.41, 5.74) is -4.68. The Labute approximate surface area is 334 Å². The number of carbonyl (C=O) groups excluding carboxylic acids is 4. The molecule has 0 amide bonds. The SMILES string of the molecule is CC(C(=O)O)C(=O)OC(C)(C)C1CC(CC2CC(C(C)(C)OC(=O)C(C)C(=O)O)CC(C(C)(C)OC(=O)C(C)C(=O)O)C2)CC(C(C)(C)OC(=O)C(C)C(=O)O)C1. The van der Waals surface area contributed by atoms with E-state index >= 15 is 0 Å². The van der Waals surface area contributed by atoms with E-state index in [-0.39, 0.29) is 35.5 Å². The maximum atomic E-state index is 12.9. The van der Waals surface area contributed by atoms with Crippen molar-refractivity contribution in [3.05, 3.63) is 0 Å². The average molecular weight is 813 g/mol. The van der Waals surface area contributed by atoms with Gasteiger partial charge in [-0.25, -0.2) is 0 Å². The van der Waals surface area contributed by atoms with Crippen LogP contribution in [0.2, 0.25) is 0 Å². The molecule has 2 aliphatic rings. The summed E-state index contributed by atoms with van der Waals surface area (Å²) in [7, 11) is 0. The van der Waals surface area contributed by atoms with Gasteiger partial charge in [-0.15, -0.1) is 0 Å². The summed E-state index contributed by atoms with van der Waals surface area (Å²) in [6.07, 6.45) is 3.41. The van der Waals surface area contributed by atoms with Gasteiger partial charge in [-0.2, -0.15) is 0 Å². The van der Waals surface area contributed by atoms with Gasteiger partial charge in [0.2, 0.25) is 0 Å². The number of hydrogen-bond acceptors (Lipinski definition) is 12. The van der Waals surface area contributed by atoms with Crippen LogP contribution in [0.5, 0.6) is 0 Å². The minimum atomic E-state index is -1.42. The van der Waals surface area contributed by atoms with Crippen LogP contribution in [0.3, 0.4) is 0 Å². The van der Waals surface area contributed by atoms with Crippen molar-refractivity contribution < 1.29 is 77.7 Å². The quantitative estimate of drug-likeness (QED) is 0.0745. The van der Waals surface area contributed by atoms with E-state index in [0.29, 0.717) is 44.9 Å². The zero-order valence-electron chi connectivity index (χ0n) is 35.4. The second-order valence-electron chi connectivity index (χ2n) is 18.5. The van der Waals surface area contributed by atoms with Crippen LogP contribution in [0, 0.1) is 59.2 Å². The Balaban J connectivity index is 2.58. The first-order chi connectivity index (χ1) is 25.8. The van der Waals surface area contributed by atoms with Gasteiger partial charge in [0.25, 0.3) is 0 Å². The number of esters is 4. The molecule has 2 aliphatic carbocycles. The molecule has 0 aromatic rings. The van der Waals surface area contributed by atoms with E-state index in [2.05, 4.69) is 0 Å². The third kappa shape index (κ3) is 12.9. The van der Waals surface area contributed by atoms with Crippen LogP contribution in [-0.4, -0.2) is 90.6 Å². The van der Waals surface area contributed by atoms with Crippen molar-refractivity contribution in [1.29, 1.82) is 0 Å². The standard InChI is InChI=1S/C41H64O16/c1-20(30(42)43)34(50)54-38(5,6)26-14-24(15-27(18-26)39(7,8)55-35(51)21(2)31(44)45)13-25-16-28(40(9,10)56-36(52)22(3)32(46)47)19-29(17-25)41(11,12)57-37(53)23(4)33(48)49/h20-29H,13-19H2,1-12H3,(H,42,43)(H,44,45)(H,46,47)(H,48,49). The third-order valence-electron chi connectivity index (χ3n) is 12.6. The van der Waals surface area contributed by atoms with Gasteiger partial charge in [0.05, 0.1) is 0 Å². The maximum absolute atomic E-state index is 12.9. The van der Waals surface area contributed by atoms with Crippen LogP contribution < -0.4 is 0 Å². The van der Waals surface area contributed by atoms with E-state index in [1.54, 1.807) is 55.4 Å². The van der Waals surface area contributed by atoms with E-state index in [1.165, 1.54) is 27.7 Å². The fourth-order valence-electron chi connectivity index (χ4n) is 8.13. The highest BCUT2D eigenvalue weighted by molar-refractivity contribution is 5.95. The zero-order valence-corrected chi connectivity index (χ0v) is 35.4. The topological polar surface area (TPSA) is 254 Å². The second-order valence-corrected chi connectivity index (χ2v) is 18.5. The van der Waals surface area contributed by atoms with Crippen LogP contribution in [0.4, 0.5) is 0 Å². The number of hydrogen-bond donors (Lipinski definition) is 4. The van der Waals surface area contributed by atoms with Gasteiger partial charge in [0, 0.05) is 0 Å². The van der Waals surface area contributed by atoms with Crippen LogP contribution in [-0.2, 0) is 57.3 Å². The van der Waals surface area contributed by atoms with Crippen molar-refractivity contribution in [2.24, 2.45) is 59.2 Å². The van der Waals surface area contributed by atoms with Crippen LogP contribution >= 0.6 is 0 Å². The number of rotatable bonds is 18. The molecule has 0 aromatic heterocycles. The van der Waals surface area contributed by atoms with Gasteiger partial charge in [0.1, 0.15) is 22.4 Å². The van der Waals surface area contributed by atoms with Gasteiger partial charge >= 0.3 is 47.8 Å². The van der Waals surface area contributed by atoms with Gasteiger partial charge in [0.15, 0.2) is 23.7 Å². The lowest BCUT2D eigenvalue weighted by atomic mass is 9.60. The van der Waals surface area contributed by atoms with Crippen molar-refractivity contribution in [2.75, 3.05) is 0 Å². The number of carbonyl (C=O) groups is 8. The van der Waals surface area contributed by atoms with E-state index in [0.717, 1.165) is 0 Å². The van der Waals surface area contributed by atoms with E-state index in [1.807, 2.05) is 0 Å². The summed E-state index contributed by atoms with van der Waals surface area (Å²) < 4.78 is 23.3. The minimum absolute atomic E-state index is 0.113. The first kappa shape index (κ1) is 48.9. The summed E-state index contributed by atoms with van der Waals surface area (Å²) in [5, 5.41) is 37.8. The highest BCUT2D eigenvalue weighted by Gasteiger charge is 2.50. The van der Waals surface area contributed by atoms with E-state index in [4.69, 9.17) is 18.9 Å². The molecule has 2 saturated carbocycles. The zero-order chi connectivity index (χ0) is 44.2. The Bertz CT molecular complexity index is 1320. The van der Waals surface area contributed by atoms with Gasteiger partial charge in [-0.1, -0.05) is 0 Å². The molecule has 0 bridgehead atoms. The predicted octanol–water partition coefficient (Wildman–Crippen LogP) is 5.61. The molecule has 0 heterocycles. The largest absolute Gasteiger partial charge is 0.481 e. The highest BCUT2D eigenvalue weighted by Crippen LogP contribution is 2.51. The lowest BCUT2D eigenvalue weighted by Crippen LogP contribution is -2.49. The van der Waals surface area contributed by atoms with Crippen molar-refractivity contribution >= 4 is 47.8 Å². The van der Waals surface area contributed by atoms with Crippen molar-refractivity contribution in [3.8, 4) is 0 Å². The molecular weight excluding hydrogens is 748 g/mol. The van der Waals surface area contributed by atoms with E-state index in [9.17, 15) is 58.8 Å². The molecule has 0 aliphatic heterocycles.